The van der Waals surface area contributed by atoms with Crippen molar-refractivity contribution in [1.29, 1.82) is 0 Å². The molecule has 1 unspecified atom stereocenters. The van der Waals surface area contributed by atoms with E-state index in [1.165, 1.54) is 15.6 Å². The van der Waals surface area contributed by atoms with Gasteiger partial charge in [0.2, 0.25) is 10.0 Å². The highest BCUT2D eigenvalue weighted by Gasteiger charge is 2.39. The highest BCUT2D eigenvalue weighted by atomic mass is 32.2. The number of thiophene rings is 1. The van der Waals surface area contributed by atoms with Gasteiger partial charge >= 0.3 is 5.97 Å². The number of carbonyl (C=O) groups excluding carboxylic acids is 1. The average molecular weight is 332 g/mol. The van der Waals surface area contributed by atoms with Crippen LogP contribution in [0, 0.1) is 13.8 Å². The smallest absolute Gasteiger partial charge is 0.325 e. The van der Waals surface area contributed by atoms with Crippen LogP contribution in [0.25, 0.3) is 0 Å². The van der Waals surface area contributed by atoms with E-state index in [4.69, 9.17) is 4.74 Å². The summed E-state index contributed by atoms with van der Waals surface area (Å²) in [6.45, 7) is 6.67. The quantitative estimate of drug-likeness (QED) is 0.829. The van der Waals surface area contributed by atoms with Gasteiger partial charge in [0.15, 0.2) is 0 Å². The van der Waals surface area contributed by atoms with E-state index >= 15 is 0 Å². The van der Waals surface area contributed by atoms with Crippen LogP contribution in [-0.2, 0) is 19.6 Å². The zero-order valence-corrected chi connectivity index (χ0v) is 14.0. The van der Waals surface area contributed by atoms with Gasteiger partial charge in [0, 0.05) is 29.4 Å². The third-order valence-corrected chi connectivity index (χ3v) is 6.46. The predicted molar refractivity (Wildman–Crippen MR) is 81.0 cm³/mol. The van der Waals surface area contributed by atoms with Gasteiger partial charge in [-0.15, -0.1) is 11.3 Å². The molecule has 1 N–H and O–H groups in total. The van der Waals surface area contributed by atoms with Gasteiger partial charge in [-0.1, -0.05) is 0 Å². The summed E-state index contributed by atoms with van der Waals surface area (Å²) in [5.74, 6) is -0.502. The standard InChI is InChI=1S/C13H20N2O4S2/c1-4-19-13(16)11-8-14-5-6-15(11)21(17,18)12-7-9(2)20-10(12)3/h7,11,14H,4-6,8H2,1-3H3. The summed E-state index contributed by atoms with van der Waals surface area (Å²) in [5.41, 5.74) is 0. The Balaban J connectivity index is 2.36. The Morgan fingerprint density at radius 3 is 2.81 bits per heavy atom. The van der Waals surface area contributed by atoms with E-state index in [1.54, 1.807) is 19.9 Å². The van der Waals surface area contributed by atoms with Crippen LogP contribution in [0.5, 0.6) is 0 Å². The van der Waals surface area contributed by atoms with Crippen molar-refractivity contribution in [2.45, 2.75) is 31.7 Å². The van der Waals surface area contributed by atoms with Crippen LogP contribution in [0.3, 0.4) is 0 Å². The molecular formula is C13H20N2O4S2. The topological polar surface area (TPSA) is 75.7 Å². The number of hydrogen-bond donors (Lipinski definition) is 1. The number of esters is 1. The molecule has 1 aromatic rings. The molecule has 2 rings (SSSR count). The first-order valence-electron chi connectivity index (χ1n) is 6.84. The number of aryl methyl sites for hydroxylation is 2. The summed E-state index contributed by atoms with van der Waals surface area (Å²) in [4.78, 5) is 14.0. The molecule has 1 aliphatic heterocycles. The molecule has 6 nitrogen and oxygen atoms in total. The molecule has 0 bridgehead atoms. The van der Waals surface area contributed by atoms with Crippen molar-refractivity contribution >= 4 is 27.3 Å². The van der Waals surface area contributed by atoms with Gasteiger partial charge in [-0.2, -0.15) is 4.31 Å². The van der Waals surface area contributed by atoms with Crippen molar-refractivity contribution in [3.63, 3.8) is 0 Å². The van der Waals surface area contributed by atoms with Crippen LogP contribution in [-0.4, -0.2) is 51.0 Å². The molecule has 0 aromatic carbocycles. The molecule has 0 saturated carbocycles. The summed E-state index contributed by atoms with van der Waals surface area (Å²) in [6.07, 6.45) is 0. The summed E-state index contributed by atoms with van der Waals surface area (Å²) in [6, 6.07) is 0.864. The maximum absolute atomic E-state index is 12.8. The normalized spacial score (nSPS) is 20.4. The van der Waals surface area contributed by atoms with Crippen molar-refractivity contribution in [2.24, 2.45) is 0 Å². The van der Waals surface area contributed by atoms with Gasteiger partial charge in [0.25, 0.3) is 0 Å². The predicted octanol–water partition coefficient (Wildman–Crippen LogP) is 0.891. The molecule has 1 saturated heterocycles. The number of nitrogens with zero attached hydrogens (tertiary/aromatic N) is 1. The molecule has 118 valence electrons. The molecule has 1 atom stereocenters. The number of rotatable bonds is 4. The molecule has 0 spiro atoms. The second kappa shape index (κ2) is 6.43. The van der Waals surface area contributed by atoms with Crippen molar-refractivity contribution in [3.05, 3.63) is 15.8 Å². The Labute approximate surface area is 129 Å². The van der Waals surface area contributed by atoms with Crippen molar-refractivity contribution in [2.75, 3.05) is 26.2 Å². The summed E-state index contributed by atoms with van der Waals surface area (Å²) >= 11 is 1.44. The van der Waals surface area contributed by atoms with Gasteiger partial charge in [-0.3, -0.25) is 4.79 Å². The fraction of sp³-hybridized carbons (Fsp3) is 0.615. The molecule has 1 fully saturated rings. The largest absolute Gasteiger partial charge is 0.465 e. The third-order valence-electron chi connectivity index (χ3n) is 3.34. The van der Waals surface area contributed by atoms with Gasteiger partial charge in [-0.05, 0) is 26.8 Å². The van der Waals surface area contributed by atoms with Crippen molar-refractivity contribution in [3.8, 4) is 0 Å². The number of ether oxygens (including phenoxy) is 1. The van der Waals surface area contributed by atoms with E-state index in [-0.39, 0.29) is 19.7 Å². The van der Waals surface area contributed by atoms with Gasteiger partial charge in [0.1, 0.15) is 6.04 Å². The molecule has 21 heavy (non-hydrogen) atoms. The second-order valence-electron chi connectivity index (χ2n) is 4.87. The van der Waals surface area contributed by atoms with Crippen LogP contribution in [0.2, 0.25) is 0 Å². The molecule has 0 aliphatic carbocycles. The van der Waals surface area contributed by atoms with Gasteiger partial charge < -0.3 is 10.1 Å². The number of hydrogen-bond acceptors (Lipinski definition) is 6. The monoisotopic (exact) mass is 332 g/mol. The highest BCUT2D eigenvalue weighted by Crippen LogP contribution is 2.29. The Hall–Kier alpha value is -0.960. The zero-order valence-electron chi connectivity index (χ0n) is 12.4. The Kier molecular flexibility index (Phi) is 5.03. The molecule has 1 aliphatic rings. The lowest BCUT2D eigenvalue weighted by Crippen LogP contribution is -2.57. The minimum atomic E-state index is -3.68. The van der Waals surface area contributed by atoms with Crippen LogP contribution in [0.4, 0.5) is 0 Å². The SMILES string of the molecule is CCOC(=O)C1CNCCN1S(=O)(=O)c1cc(C)sc1C. The Bertz CT molecular complexity index is 624. The lowest BCUT2D eigenvalue weighted by atomic mass is 10.2. The molecule has 0 amide bonds. The number of piperazine rings is 1. The number of sulfonamides is 1. The van der Waals surface area contributed by atoms with Crippen molar-refractivity contribution < 1.29 is 17.9 Å². The maximum atomic E-state index is 12.8. The van der Waals surface area contributed by atoms with E-state index in [2.05, 4.69) is 5.32 Å². The molecular weight excluding hydrogens is 312 g/mol. The maximum Gasteiger partial charge on any atom is 0.325 e. The van der Waals surface area contributed by atoms with Crippen LogP contribution in [0.15, 0.2) is 11.0 Å². The Morgan fingerprint density at radius 1 is 1.52 bits per heavy atom. The summed E-state index contributed by atoms with van der Waals surface area (Å²) in [5, 5.41) is 3.04. The molecule has 1 aromatic heterocycles. The van der Waals surface area contributed by atoms with E-state index in [1.807, 2.05) is 6.92 Å². The van der Waals surface area contributed by atoms with E-state index in [0.717, 1.165) is 9.75 Å². The first kappa shape index (κ1) is 16.4. The third kappa shape index (κ3) is 3.28. The van der Waals surface area contributed by atoms with Crippen LogP contribution in [0.1, 0.15) is 16.7 Å². The van der Waals surface area contributed by atoms with Crippen molar-refractivity contribution in [1.82, 2.24) is 9.62 Å². The first-order chi connectivity index (χ1) is 9.87. The second-order valence-corrected chi connectivity index (χ2v) is 8.18. The first-order valence-corrected chi connectivity index (χ1v) is 9.09. The van der Waals surface area contributed by atoms with E-state index in [9.17, 15) is 13.2 Å². The lowest BCUT2D eigenvalue weighted by Gasteiger charge is -2.33. The summed E-state index contributed by atoms with van der Waals surface area (Å²) < 4.78 is 31.9. The molecule has 8 heteroatoms. The van der Waals surface area contributed by atoms with E-state index < -0.39 is 22.0 Å². The fourth-order valence-electron chi connectivity index (χ4n) is 2.40. The number of nitrogens with one attached hydrogen (secondary N) is 1. The fourth-order valence-corrected chi connectivity index (χ4v) is 5.51. The zero-order chi connectivity index (χ0) is 15.6. The summed E-state index contributed by atoms with van der Waals surface area (Å²) in [7, 11) is -3.68. The van der Waals surface area contributed by atoms with E-state index in [0.29, 0.717) is 11.4 Å². The van der Waals surface area contributed by atoms with Crippen LogP contribution < -0.4 is 5.32 Å². The van der Waals surface area contributed by atoms with Gasteiger partial charge in [0.05, 0.1) is 11.5 Å². The lowest BCUT2D eigenvalue weighted by molar-refractivity contribution is -0.148. The minimum absolute atomic E-state index is 0.236. The van der Waals surface area contributed by atoms with Crippen LogP contribution >= 0.6 is 11.3 Å². The minimum Gasteiger partial charge on any atom is -0.465 e. The van der Waals surface area contributed by atoms with Gasteiger partial charge in [-0.25, -0.2) is 8.42 Å². The number of carbonyl (C=O) groups is 1. The Morgan fingerprint density at radius 2 is 2.24 bits per heavy atom. The highest BCUT2D eigenvalue weighted by molar-refractivity contribution is 7.89. The molecule has 0 radical (unpaired) electrons. The molecule has 2 heterocycles. The average Bonchev–Trinajstić information content (AvgIpc) is 2.79.